The van der Waals surface area contributed by atoms with Crippen LogP contribution in [0.1, 0.15) is 13.3 Å². The Kier molecular flexibility index (Phi) is 4.85. The van der Waals surface area contributed by atoms with Crippen LogP contribution in [0.4, 0.5) is 11.4 Å². The second-order valence-corrected chi connectivity index (χ2v) is 6.78. The van der Waals surface area contributed by atoms with Gasteiger partial charge in [0.1, 0.15) is 0 Å². The summed E-state index contributed by atoms with van der Waals surface area (Å²) < 4.78 is 0. The van der Waals surface area contributed by atoms with Gasteiger partial charge in [-0.25, -0.2) is 0 Å². The molecule has 1 aromatic rings. The van der Waals surface area contributed by atoms with Gasteiger partial charge in [0.2, 0.25) is 11.8 Å². The van der Waals surface area contributed by atoms with E-state index in [0.717, 1.165) is 5.69 Å². The summed E-state index contributed by atoms with van der Waals surface area (Å²) >= 11 is 6.41. The molecule has 134 valence electrons. The zero-order valence-electron chi connectivity index (χ0n) is 13.9. The van der Waals surface area contributed by atoms with Gasteiger partial charge in [-0.1, -0.05) is 11.6 Å². The lowest BCUT2D eigenvalue weighted by atomic mass is 10.1. The number of aliphatic carboxylic acids is 1. The lowest BCUT2D eigenvalue weighted by Gasteiger charge is -2.36. The quantitative estimate of drug-likeness (QED) is 0.876. The molecule has 2 fully saturated rings. The van der Waals surface area contributed by atoms with Gasteiger partial charge in [0.15, 0.2) is 0 Å². The summed E-state index contributed by atoms with van der Waals surface area (Å²) in [5, 5.41) is 9.60. The predicted molar refractivity (Wildman–Crippen MR) is 94.0 cm³/mol. The lowest BCUT2D eigenvalue weighted by molar-refractivity contribution is -0.141. The number of rotatable bonds is 3. The summed E-state index contributed by atoms with van der Waals surface area (Å²) in [6, 6.07) is 5.35. The van der Waals surface area contributed by atoms with Gasteiger partial charge < -0.3 is 19.8 Å². The first-order valence-corrected chi connectivity index (χ1v) is 8.58. The van der Waals surface area contributed by atoms with Crippen molar-refractivity contribution in [2.45, 2.75) is 13.3 Å². The first kappa shape index (κ1) is 17.5. The number of hydrogen-bond acceptors (Lipinski definition) is 4. The van der Waals surface area contributed by atoms with E-state index in [-0.39, 0.29) is 24.8 Å². The van der Waals surface area contributed by atoms with Crippen molar-refractivity contribution in [3.05, 3.63) is 23.2 Å². The van der Waals surface area contributed by atoms with E-state index in [9.17, 15) is 14.4 Å². The Morgan fingerprint density at radius 2 is 1.88 bits per heavy atom. The van der Waals surface area contributed by atoms with E-state index < -0.39 is 11.9 Å². The number of amides is 2. The third-order valence-electron chi connectivity index (χ3n) is 4.78. The Labute approximate surface area is 150 Å². The summed E-state index contributed by atoms with van der Waals surface area (Å²) in [5.41, 5.74) is 1.47. The van der Waals surface area contributed by atoms with Crippen LogP contribution in [0.2, 0.25) is 5.02 Å². The molecule has 1 unspecified atom stereocenters. The Bertz CT molecular complexity index is 716. The molecule has 3 rings (SSSR count). The predicted octanol–water partition coefficient (Wildman–Crippen LogP) is 1.45. The molecule has 0 aromatic heterocycles. The molecule has 0 bridgehead atoms. The molecule has 1 aromatic carbocycles. The maximum Gasteiger partial charge on any atom is 0.308 e. The molecule has 2 aliphatic heterocycles. The van der Waals surface area contributed by atoms with Gasteiger partial charge in [0, 0.05) is 51.8 Å². The van der Waals surface area contributed by atoms with Crippen molar-refractivity contribution in [1.29, 1.82) is 0 Å². The van der Waals surface area contributed by atoms with Gasteiger partial charge in [-0.2, -0.15) is 0 Å². The van der Waals surface area contributed by atoms with Crippen molar-refractivity contribution >= 4 is 40.8 Å². The summed E-state index contributed by atoms with van der Waals surface area (Å²) in [5.74, 6) is -1.76. The molecule has 0 radical (unpaired) electrons. The molecule has 8 heteroatoms. The van der Waals surface area contributed by atoms with Crippen LogP contribution in [0.3, 0.4) is 0 Å². The van der Waals surface area contributed by atoms with Crippen LogP contribution in [0.25, 0.3) is 0 Å². The average Bonchev–Trinajstić information content (AvgIpc) is 2.97. The zero-order valence-corrected chi connectivity index (χ0v) is 14.7. The fourth-order valence-corrected chi connectivity index (χ4v) is 3.60. The van der Waals surface area contributed by atoms with E-state index in [4.69, 9.17) is 16.7 Å². The number of carboxylic acid groups (broad SMARTS) is 1. The van der Waals surface area contributed by atoms with E-state index in [1.54, 1.807) is 24.0 Å². The summed E-state index contributed by atoms with van der Waals surface area (Å²) in [6.07, 6.45) is 0.0156. The highest BCUT2D eigenvalue weighted by molar-refractivity contribution is 6.33. The smallest absolute Gasteiger partial charge is 0.308 e. The number of halogens is 1. The largest absolute Gasteiger partial charge is 0.481 e. The minimum absolute atomic E-state index is 0.0156. The summed E-state index contributed by atoms with van der Waals surface area (Å²) in [6.45, 7) is 4.43. The van der Waals surface area contributed by atoms with Crippen LogP contribution >= 0.6 is 11.6 Å². The number of piperazine rings is 1. The minimum Gasteiger partial charge on any atom is -0.481 e. The van der Waals surface area contributed by atoms with Gasteiger partial charge in [0.25, 0.3) is 0 Å². The molecule has 1 atom stereocenters. The Hall–Kier alpha value is -2.28. The normalized spacial score (nSPS) is 21.0. The molecule has 2 amide bonds. The van der Waals surface area contributed by atoms with Gasteiger partial charge in [-0.05, 0) is 18.2 Å². The number of carbonyl (C=O) groups is 3. The number of hydrogen-bond donors (Lipinski definition) is 1. The topological polar surface area (TPSA) is 81.2 Å². The molecule has 0 saturated carbocycles. The Morgan fingerprint density at radius 3 is 2.40 bits per heavy atom. The second kappa shape index (κ2) is 6.92. The van der Waals surface area contributed by atoms with E-state index in [1.807, 2.05) is 6.07 Å². The van der Waals surface area contributed by atoms with Gasteiger partial charge in [0.05, 0.1) is 16.6 Å². The van der Waals surface area contributed by atoms with Gasteiger partial charge in [-0.3, -0.25) is 14.4 Å². The van der Waals surface area contributed by atoms with Crippen molar-refractivity contribution in [3.8, 4) is 0 Å². The van der Waals surface area contributed by atoms with E-state index >= 15 is 0 Å². The van der Waals surface area contributed by atoms with Crippen LogP contribution in [0, 0.1) is 5.92 Å². The van der Waals surface area contributed by atoms with Crippen LogP contribution < -0.4 is 9.80 Å². The number of carbonyl (C=O) groups excluding carboxylic acids is 2. The first-order valence-electron chi connectivity index (χ1n) is 8.20. The van der Waals surface area contributed by atoms with Crippen molar-refractivity contribution < 1.29 is 19.5 Å². The Morgan fingerprint density at radius 1 is 1.20 bits per heavy atom. The summed E-state index contributed by atoms with van der Waals surface area (Å²) in [4.78, 5) is 39.9. The highest BCUT2D eigenvalue weighted by Gasteiger charge is 2.35. The molecule has 2 saturated heterocycles. The Balaban J connectivity index is 1.73. The SMILES string of the molecule is CC(=O)N1CCN(c2ccc(N3CC(C(=O)O)CC3=O)cc2Cl)CC1. The lowest BCUT2D eigenvalue weighted by Crippen LogP contribution is -2.48. The highest BCUT2D eigenvalue weighted by atomic mass is 35.5. The van der Waals surface area contributed by atoms with Gasteiger partial charge >= 0.3 is 5.97 Å². The molecular weight excluding hydrogens is 346 g/mol. The zero-order chi connectivity index (χ0) is 18.1. The van der Waals surface area contributed by atoms with Crippen molar-refractivity contribution in [2.75, 3.05) is 42.5 Å². The highest BCUT2D eigenvalue weighted by Crippen LogP contribution is 2.33. The number of carboxylic acids is 1. The van der Waals surface area contributed by atoms with Crippen LogP contribution in [-0.4, -0.2) is 60.5 Å². The average molecular weight is 366 g/mol. The standard InChI is InChI=1S/C17H20ClN3O4/c1-11(22)19-4-6-20(7-5-19)15-3-2-13(9-14(15)18)21-10-12(17(24)25)8-16(21)23/h2-3,9,12H,4-8,10H2,1H3,(H,24,25). The van der Waals surface area contributed by atoms with Crippen molar-refractivity contribution in [1.82, 2.24) is 4.90 Å². The van der Waals surface area contributed by atoms with Crippen LogP contribution in [0.15, 0.2) is 18.2 Å². The van der Waals surface area contributed by atoms with E-state index in [2.05, 4.69) is 4.90 Å². The van der Waals surface area contributed by atoms with Gasteiger partial charge in [-0.15, -0.1) is 0 Å². The summed E-state index contributed by atoms with van der Waals surface area (Å²) in [7, 11) is 0. The second-order valence-electron chi connectivity index (χ2n) is 6.37. The number of benzene rings is 1. The fraction of sp³-hybridized carbons (Fsp3) is 0.471. The molecular formula is C17H20ClN3O4. The van der Waals surface area contributed by atoms with Crippen molar-refractivity contribution in [3.63, 3.8) is 0 Å². The maximum absolute atomic E-state index is 12.1. The number of anilines is 2. The molecule has 7 nitrogen and oxygen atoms in total. The fourth-order valence-electron chi connectivity index (χ4n) is 3.30. The molecule has 1 N–H and O–H groups in total. The third kappa shape index (κ3) is 3.56. The van der Waals surface area contributed by atoms with Crippen LogP contribution in [0.5, 0.6) is 0 Å². The minimum atomic E-state index is -0.957. The molecule has 2 aliphatic rings. The molecule has 0 aliphatic carbocycles. The number of nitrogens with zero attached hydrogens (tertiary/aromatic N) is 3. The van der Waals surface area contributed by atoms with Crippen molar-refractivity contribution in [2.24, 2.45) is 5.92 Å². The van der Waals surface area contributed by atoms with Crippen LogP contribution in [-0.2, 0) is 14.4 Å². The van der Waals surface area contributed by atoms with E-state index in [1.165, 1.54) is 4.90 Å². The maximum atomic E-state index is 12.1. The van der Waals surface area contributed by atoms with E-state index in [0.29, 0.717) is 36.9 Å². The monoisotopic (exact) mass is 365 g/mol. The molecule has 25 heavy (non-hydrogen) atoms. The third-order valence-corrected chi connectivity index (χ3v) is 5.09. The molecule has 0 spiro atoms. The first-order chi connectivity index (χ1) is 11.9. The molecule has 2 heterocycles.